The number of aromatic nitrogens is 3. The number of ether oxygens (including phenoxy) is 1. The van der Waals surface area contributed by atoms with Crippen molar-refractivity contribution >= 4 is 17.7 Å². The maximum atomic E-state index is 11.0. The Labute approximate surface area is 105 Å². The highest BCUT2D eigenvalue weighted by atomic mass is 32.2. The maximum Gasteiger partial charge on any atom is 0.305 e. The SMILES string of the molecule is CCOC(=O)CCCCCSc1nncn1N. The normalized spacial score (nSPS) is 10.4. The van der Waals surface area contributed by atoms with Gasteiger partial charge in [0.05, 0.1) is 6.61 Å². The standard InChI is InChI=1S/C10H18N4O2S/c1-2-16-9(15)6-4-3-5-7-17-10-13-12-8-14(10)11/h8H,2-7,11H2,1H3. The molecule has 7 heteroatoms. The first-order valence-electron chi connectivity index (χ1n) is 5.67. The van der Waals surface area contributed by atoms with E-state index in [1.807, 2.05) is 6.92 Å². The lowest BCUT2D eigenvalue weighted by molar-refractivity contribution is -0.143. The van der Waals surface area contributed by atoms with Crippen LogP contribution in [0.25, 0.3) is 0 Å². The highest BCUT2D eigenvalue weighted by molar-refractivity contribution is 7.99. The molecule has 0 aliphatic carbocycles. The second kappa shape index (κ2) is 7.94. The van der Waals surface area contributed by atoms with Crippen LogP contribution >= 0.6 is 11.8 Å². The molecular weight excluding hydrogens is 240 g/mol. The van der Waals surface area contributed by atoms with Crippen molar-refractivity contribution in [2.75, 3.05) is 18.2 Å². The van der Waals surface area contributed by atoms with E-state index in [0.717, 1.165) is 30.2 Å². The highest BCUT2D eigenvalue weighted by Gasteiger charge is 2.03. The van der Waals surface area contributed by atoms with E-state index < -0.39 is 0 Å². The number of thioether (sulfide) groups is 1. The van der Waals surface area contributed by atoms with Crippen LogP contribution in [0.3, 0.4) is 0 Å². The zero-order valence-electron chi connectivity index (χ0n) is 9.96. The molecule has 0 amide bonds. The predicted octanol–water partition coefficient (Wildman–Crippen LogP) is 1.21. The van der Waals surface area contributed by atoms with Crippen LogP contribution in [0.4, 0.5) is 0 Å². The molecule has 0 saturated heterocycles. The molecule has 17 heavy (non-hydrogen) atoms. The molecule has 0 aromatic carbocycles. The molecule has 96 valence electrons. The quantitative estimate of drug-likeness (QED) is 0.326. The molecule has 0 bridgehead atoms. The fraction of sp³-hybridized carbons (Fsp3) is 0.700. The monoisotopic (exact) mass is 258 g/mol. The molecular formula is C10H18N4O2S. The topological polar surface area (TPSA) is 83.0 Å². The first kappa shape index (κ1) is 13.8. The predicted molar refractivity (Wildman–Crippen MR) is 66.0 cm³/mol. The molecule has 0 aliphatic heterocycles. The van der Waals surface area contributed by atoms with E-state index in [1.165, 1.54) is 11.0 Å². The van der Waals surface area contributed by atoms with Crippen LogP contribution in [0.2, 0.25) is 0 Å². The van der Waals surface area contributed by atoms with E-state index in [4.69, 9.17) is 10.6 Å². The van der Waals surface area contributed by atoms with Gasteiger partial charge in [-0.15, -0.1) is 10.2 Å². The summed E-state index contributed by atoms with van der Waals surface area (Å²) < 4.78 is 6.25. The molecule has 0 atom stereocenters. The molecule has 0 fully saturated rings. The van der Waals surface area contributed by atoms with Crippen molar-refractivity contribution in [2.24, 2.45) is 0 Å². The van der Waals surface area contributed by atoms with Gasteiger partial charge in [-0.3, -0.25) is 4.79 Å². The smallest absolute Gasteiger partial charge is 0.305 e. The summed E-state index contributed by atoms with van der Waals surface area (Å²) in [5.41, 5.74) is 0. The Balaban J connectivity index is 1.98. The minimum Gasteiger partial charge on any atom is -0.466 e. The van der Waals surface area contributed by atoms with Gasteiger partial charge in [-0.05, 0) is 19.8 Å². The van der Waals surface area contributed by atoms with Crippen LogP contribution in [0.1, 0.15) is 32.6 Å². The van der Waals surface area contributed by atoms with Gasteiger partial charge in [0.1, 0.15) is 6.33 Å². The van der Waals surface area contributed by atoms with Crippen molar-refractivity contribution in [3.05, 3.63) is 6.33 Å². The van der Waals surface area contributed by atoms with Crippen molar-refractivity contribution in [1.29, 1.82) is 0 Å². The molecule has 0 unspecified atom stereocenters. The van der Waals surface area contributed by atoms with Crippen LogP contribution < -0.4 is 5.84 Å². The fourth-order valence-electron chi connectivity index (χ4n) is 1.28. The van der Waals surface area contributed by atoms with Gasteiger partial charge in [0.25, 0.3) is 0 Å². The van der Waals surface area contributed by atoms with Gasteiger partial charge < -0.3 is 10.6 Å². The summed E-state index contributed by atoms with van der Waals surface area (Å²) in [6.45, 7) is 2.28. The number of rotatable bonds is 8. The van der Waals surface area contributed by atoms with Crippen molar-refractivity contribution in [3.8, 4) is 0 Å². The van der Waals surface area contributed by atoms with E-state index in [1.54, 1.807) is 11.8 Å². The zero-order chi connectivity index (χ0) is 12.5. The number of carbonyl (C=O) groups excluding carboxylic acids is 1. The van der Waals surface area contributed by atoms with Gasteiger partial charge >= 0.3 is 5.97 Å². The molecule has 0 spiro atoms. The number of nitrogens with two attached hydrogens (primary N) is 1. The van der Waals surface area contributed by atoms with Crippen molar-refractivity contribution in [2.45, 2.75) is 37.8 Å². The Bertz CT molecular complexity index is 343. The molecule has 0 radical (unpaired) electrons. The van der Waals surface area contributed by atoms with Crippen LogP contribution in [0.15, 0.2) is 11.5 Å². The highest BCUT2D eigenvalue weighted by Crippen LogP contribution is 2.15. The molecule has 1 rings (SSSR count). The van der Waals surface area contributed by atoms with E-state index in [9.17, 15) is 4.79 Å². The number of nitrogens with zero attached hydrogens (tertiary/aromatic N) is 3. The maximum absolute atomic E-state index is 11.0. The van der Waals surface area contributed by atoms with E-state index in [2.05, 4.69) is 10.2 Å². The third kappa shape index (κ3) is 5.58. The average Bonchev–Trinajstić information content (AvgIpc) is 2.70. The van der Waals surface area contributed by atoms with Gasteiger partial charge in [0.15, 0.2) is 0 Å². The van der Waals surface area contributed by atoms with Crippen molar-refractivity contribution < 1.29 is 9.53 Å². The minimum absolute atomic E-state index is 0.109. The minimum atomic E-state index is -0.109. The molecule has 1 aromatic heterocycles. The van der Waals surface area contributed by atoms with Crippen LogP contribution in [0.5, 0.6) is 0 Å². The molecule has 0 aliphatic rings. The average molecular weight is 258 g/mol. The van der Waals surface area contributed by atoms with Gasteiger partial charge in [-0.25, -0.2) is 4.68 Å². The Morgan fingerprint density at radius 2 is 2.35 bits per heavy atom. The first-order chi connectivity index (χ1) is 8.24. The Hall–Kier alpha value is -1.24. The summed E-state index contributed by atoms with van der Waals surface area (Å²) in [6.07, 6.45) is 4.88. The van der Waals surface area contributed by atoms with Gasteiger partial charge in [-0.1, -0.05) is 18.2 Å². The number of carbonyl (C=O) groups is 1. The summed E-state index contributed by atoms with van der Waals surface area (Å²) in [7, 11) is 0. The second-order valence-corrected chi connectivity index (χ2v) is 4.55. The van der Waals surface area contributed by atoms with Crippen LogP contribution in [-0.2, 0) is 9.53 Å². The summed E-state index contributed by atoms with van der Waals surface area (Å²) in [4.78, 5) is 11.0. The Morgan fingerprint density at radius 1 is 1.53 bits per heavy atom. The lowest BCUT2D eigenvalue weighted by Crippen LogP contribution is -2.07. The Kier molecular flexibility index (Phi) is 6.46. The lowest BCUT2D eigenvalue weighted by atomic mass is 10.2. The van der Waals surface area contributed by atoms with Crippen LogP contribution in [0, 0.1) is 0 Å². The van der Waals surface area contributed by atoms with Crippen molar-refractivity contribution in [1.82, 2.24) is 14.9 Å². The summed E-state index contributed by atoms with van der Waals surface area (Å²) in [6, 6.07) is 0. The fourth-order valence-corrected chi connectivity index (χ4v) is 2.11. The van der Waals surface area contributed by atoms with E-state index in [0.29, 0.717) is 13.0 Å². The number of unbranched alkanes of at least 4 members (excludes halogenated alkanes) is 2. The number of nitrogen functional groups attached to an aromatic ring is 1. The summed E-state index contributed by atoms with van der Waals surface area (Å²) in [5.74, 6) is 6.38. The van der Waals surface area contributed by atoms with Gasteiger partial charge in [0.2, 0.25) is 5.16 Å². The first-order valence-corrected chi connectivity index (χ1v) is 6.66. The Morgan fingerprint density at radius 3 is 3.00 bits per heavy atom. The van der Waals surface area contributed by atoms with Gasteiger partial charge in [-0.2, -0.15) is 0 Å². The van der Waals surface area contributed by atoms with Crippen LogP contribution in [-0.4, -0.2) is 33.2 Å². The zero-order valence-corrected chi connectivity index (χ0v) is 10.8. The van der Waals surface area contributed by atoms with E-state index >= 15 is 0 Å². The van der Waals surface area contributed by atoms with Crippen molar-refractivity contribution in [3.63, 3.8) is 0 Å². The third-order valence-electron chi connectivity index (χ3n) is 2.10. The largest absolute Gasteiger partial charge is 0.466 e. The number of hydrogen-bond donors (Lipinski definition) is 1. The molecule has 1 aromatic rings. The molecule has 6 nitrogen and oxygen atoms in total. The molecule has 0 saturated carbocycles. The molecule has 1 heterocycles. The van der Waals surface area contributed by atoms with E-state index in [-0.39, 0.29) is 5.97 Å². The van der Waals surface area contributed by atoms with Gasteiger partial charge in [0, 0.05) is 12.2 Å². The number of esters is 1. The lowest BCUT2D eigenvalue weighted by Gasteiger charge is -2.02. The number of hydrogen-bond acceptors (Lipinski definition) is 6. The third-order valence-corrected chi connectivity index (χ3v) is 3.15. The summed E-state index contributed by atoms with van der Waals surface area (Å²) in [5, 5.41) is 8.27. The second-order valence-electron chi connectivity index (χ2n) is 3.48. The summed E-state index contributed by atoms with van der Waals surface area (Å²) >= 11 is 1.57. The molecule has 2 N–H and O–H groups in total.